The van der Waals surface area contributed by atoms with Crippen LogP contribution < -0.4 is 0 Å². The molecule has 0 saturated heterocycles. The summed E-state index contributed by atoms with van der Waals surface area (Å²) in [6, 6.07) is 0. The van der Waals surface area contributed by atoms with E-state index < -0.39 is 0 Å². The van der Waals surface area contributed by atoms with Crippen molar-refractivity contribution in [2.45, 2.75) is 6.54 Å². The summed E-state index contributed by atoms with van der Waals surface area (Å²) in [5, 5.41) is 0. The third-order valence-corrected chi connectivity index (χ3v) is 1.22. The maximum Gasteiger partial charge on any atom is 0.235 e. The molecule has 0 saturated carbocycles. The molecule has 0 atom stereocenters. The summed E-state index contributed by atoms with van der Waals surface area (Å²) in [5.41, 5.74) is 0.906. The number of aryl methyl sites for hydroxylation is 1. The molecule has 4 heteroatoms. The molecule has 0 aromatic carbocycles. The zero-order chi connectivity index (χ0) is 7.40. The lowest BCUT2D eigenvalue weighted by Crippen LogP contribution is -1.91. The van der Waals surface area contributed by atoms with E-state index in [0.29, 0.717) is 6.54 Å². The van der Waals surface area contributed by atoms with Gasteiger partial charge in [0, 0.05) is 7.05 Å². The second-order valence-electron chi connectivity index (χ2n) is 1.90. The van der Waals surface area contributed by atoms with Gasteiger partial charge in [-0.3, -0.25) is 0 Å². The summed E-state index contributed by atoms with van der Waals surface area (Å²) in [4.78, 5) is 16.9. The molecule has 0 amide bonds. The molecule has 1 aromatic rings. The minimum absolute atomic E-state index is 0.361. The molecule has 1 heterocycles. The fourth-order valence-electron chi connectivity index (χ4n) is 0.650. The lowest BCUT2D eigenvalue weighted by molar-refractivity contribution is 0.562. The van der Waals surface area contributed by atoms with Crippen LogP contribution in [0.3, 0.4) is 0 Å². The number of aromatic nitrogens is 2. The fraction of sp³-hybridized carbons (Fsp3) is 0.333. The molecule has 0 unspecified atom stereocenters. The van der Waals surface area contributed by atoms with Crippen molar-refractivity contribution in [3.63, 3.8) is 0 Å². The number of rotatable bonds is 2. The first-order valence-electron chi connectivity index (χ1n) is 2.83. The molecule has 52 valence electrons. The van der Waals surface area contributed by atoms with Gasteiger partial charge < -0.3 is 4.57 Å². The smallest absolute Gasteiger partial charge is 0.235 e. The molecule has 1 aromatic heterocycles. The van der Waals surface area contributed by atoms with E-state index in [1.54, 1.807) is 17.1 Å². The van der Waals surface area contributed by atoms with Crippen LogP contribution in [0.2, 0.25) is 0 Å². The Kier molecular flexibility index (Phi) is 1.97. The maximum absolute atomic E-state index is 9.69. The topological polar surface area (TPSA) is 47.2 Å². The van der Waals surface area contributed by atoms with Gasteiger partial charge in [0.2, 0.25) is 6.08 Å². The highest BCUT2D eigenvalue weighted by Crippen LogP contribution is 1.96. The van der Waals surface area contributed by atoms with Crippen molar-refractivity contribution >= 4 is 6.08 Å². The Bertz CT molecular complexity index is 260. The van der Waals surface area contributed by atoms with Crippen molar-refractivity contribution in [2.24, 2.45) is 12.0 Å². The fourth-order valence-corrected chi connectivity index (χ4v) is 0.650. The Balaban J connectivity index is 2.74. The van der Waals surface area contributed by atoms with Crippen molar-refractivity contribution < 1.29 is 4.79 Å². The molecule has 10 heavy (non-hydrogen) atoms. The van der Waals surface area contributed by atoms with Gasteiger partial charge in [-0.15, -0.1) is 0 Å². The monoisotopic (exact) mass is 137 g/mol. The number of imidazole rings is 1. The minimum Gasteiger partial charge on any atom is -0.336 e. The van der Waals surface area contributed by atoms with Crippen molar-refractivity contribution in [1.82, 2.24) is 9.55 Å². The van der Waals surface area contributed by atoms with Gasteiger partial charge in [-0.2, -0.15) is 4.99 Å². The third kappa shape index (κ3) is 1.30. The van der Waals surface area contributed by atoms with Gasteiger partial charge in [0.05, 0.1) is 24.8 Å². The number of aliphatic imine (C=N–C) groups is 1. The Morgan fingerprint density at radius 3 is 3.20 bits per heavy atom. The van der Waals surface area contributed by atoms with Gasteiger partial charge in [0.25, 0.3) is 0 Å². The minimum atomic E-state index is 0.361. The first kappa shape index (κ1) is 6.71. The lowest BCUT2D eigenvalue weighted by atomic mass is 10.5. The highest BCUT2D eigenvalue weighted by Gasteiger charge is 1.93. The molecule has 0 aliphatic heterocycles. The van der Waals surface area contributed by atoms with Crippen LogP contribution in [-0.4, -0.2) is 15.6 Å². The van der Waals surface area contributed by atoms with Crippen molar-refractivity contribution in [1.29, 1.82) is 0 Å². The van der Waals surface area contributed by atoms with Crippen LogP contribution >= 0.6 is 0 Å². The van der Waals surface area contributed by atoms with Crippen molar-refractivity contribution in [3.8, 4) is 0 Å². The van der Waals surface area contributed by atoms with E-state index >= 15 is 0 Å². The standard InChI is InChI=1S/C6H7N3O/c1-9-4-7-2-6(9)3-8-5-10/h2,4H,3H2,1H3. The molecular formula is C6H7N3O. The van der Waals surface area contributed by atoms with Crippen LogP contribution in [0.5, 0.6) is 0 Å². The Hall–Kier alpha value is -1.41. The second kappa shape index (κ2) is 2.94. The number of carbonyl (C=O) groups excluding carboxylic acids is 1. The number of nitrogens with zero attached hydrogens (tertiary/aromatic N) is 3. The van der Waals surface area contributed by atoms with Gasteiger partial charge in [0.15, 0.2) is 0 Å². The summed E-state index contributed by atoms with van der Waals surface area (Å²) in [6.07, 6.45) is 4.80. The average molecular weight is 137 g/mol. The van der Waals surface area contributed by atoms with E-state index in [2.05, 4.69) is 9.98 Å². The SMILES string of the molecule is Cn1cncc1CN=C=O. The summed E-state index contributed by atoms with van der Waals surface area (Å²) in [6.45, 7) is 0.361. The molecule has 0 N–H and O–H groups in total. The highest BCUT2D eigenvalue weighted by molar-refractivity contribution is 5.33. The summed E-state index contributed by atoms with van der Waals surface area (Å²) >= 11 is 0. The van der Waals surface area contributed by atoms with E-state index in [1.807, 2.05) is 7.05 Å². The third-order valence-electron chi connectivity index (χ3n) is 1.22. The van der Waals surface area contributed by atoms with Crippen molar-refractivity contribution in [2.75, 3.05) is 0 Å². The Labute approximate surface area is 58.2 Å². The number of hydrogen-bond donors (Lipinski definition) is 0. The molecule has 0 fully saturated rings. The lowest BCUT2D eigenvalue weighted by Gasteiger charge is -1.92. The summed E-state index contributed by atoms with van der Waals surface area (Å²) < 4.78 is 1.81. The summed E-state index contributed by atoms with van der Waals surface area (Å²) in [5.74, 6) is 0. The van der Waals surface area contributed by atoms with Gasteiger partial charge >= 0.3 is 0 Å². The molecule has 0 aliphatic carbocycles. The molecule has 0 radical (unpaired) electrons. The van der Waals surface area contributed by atoms with Gasteiger partial charge in [-0.05, 0) is 0 Å². The van der Waals surface area contributed by atoms with Crippen LogP contribution in [0.1, 0.15) is 5.69 Å². The van der Waals surface area contributed by atoms with Gasteiger partial charge in [-0.1, -0.05) is 0 Å². The molecular weight excluding hydrogens is 130 g/mol. The summed E-state index contributed by atoms with van der Waals surface area (Å²) in [7, 11) is 1.85. The van der Waals surface area contributed by atoms with E-state index in [-0.39, 0.29) is 0 Å². The van der Waals surface area contributed by atoms with Crippen LogP contribution in [0, 0.1) is 0 Å². The van der Waals surface area contributed by atoms with E-state index in [0.717, 1.165) is 5.69 Å². The predicted molar refractivity (Wildman–Crippen MR) is 35.0 cm³/mol. The molecule has 0 spiro atoms. The van der Waals surface area contributed by atoms with Gasteiger partial charge in [0.1, 0.15) is 0 Å². The first-order valence-corrected chi connectivity index (χ1v) is 2.83. The van der Waals surface area contributed by atoms with Crippen molar-refractivity contribution in [3.05, 3.63) is 18.2 Å². The molecule has 4 nitrogen and oxygen atoms in total. The second-order valence-corrected chi connectivity index (χ2v) is 1.90. The molecule has 0 aliphatic rings. The Morgan fingerprint density at radius 1 is 1.90 bits per heavy atom. The zero-order valence-electron chi connectivity index (χ0n) is 5.61. The first-order chi connectivity index (χ1) is 4.84. The highest BCUT2D eigenvalue weighted by atomic mass is 16.1. The quantitative estimate of drug-likeness (QED) is 0.433. The van der Waals surface area contributed by atoms with Crippen LogP contribution in [0.15, 0.2) is 17.5 Å². The van der Waals surface area contributed by atoms with E-state index in [4.69, 9.17) is 0 Å². The largest absolute Gasteiger partial charge is 0.336 e. The average Bonchev–Trinajstić information content (AvgIpc) is 2.31. The number of isocyanates is 1. The Morgan fingerprint density at radius 2 is 2.70 bits per heavy atom. The van der Waals surface area contributed by atoms with Crippen LogP contribution in [0.25, 0.3) is 0 Å². The van der Waals surface area contributed by atoms with Crippen LogP contribution in [0.4, 0.5) is 0 Å². The normalized spacial score (nSPS) is 8.90. The van der Waals surface area contributed by atoms with E-state index in [9.17, 15) is 4.79 Å². The molecule has 1 rings (SSSR count). The van der Waals surface area contributed by atoms with Gasteiger partial charge in [-0.25, -0.2) is 9.78 Å². The predicted octanol–water partition coefficient (Wildman–Crippen LogP) is 0.256. The van der Waals surface area contributed by atoms with E-state index in [1.165, 1.54) is 6.08 Å². The number of hydrogen-bond acceptors (Lipinski definition) is 3. The van der Waals surface area contributed by atoms with Crippen LogP contribution in [-0.2, 0) is 18.4 Å². The molecule has 0 bridgehead atoms. The zero-order valence-corrected chi connectivity index (χ0v) is 5.61. The maximum atomic E-state index is 9.69.